The van der Waals surface area contributed by atoms with E-state index in [0.717, 1.165) is 10.0 Å². The van der Waals surface area contributed by atoms with Gasteiger partial charge >= 0.3 is 0 Å². The summed E-state index contributed by atoms with van der Waals surface area (Å²) in [4.78, 5) is 25.2. The first-order valence-electron chi connectivity index (χ1n) is 5.81. The Hall–Kier alpha value is -1.36. The first kappa shape index (κ1) is 13.1. The zero-order chi connectivity index (χ0) is 13.4. The standard InChI is InChI=1S/C13H15BrN2O2/c1-7-8(2)13(18)16(12(7)17)6-9-3-4-10(14)5-11(9)15/h3-5,7-8H,6,15H2,1-2H3. The van der Waals surface area contributed by atoms with Crippen molar-refractivity contribution in [3.63, 3.8) is 0 Å². The van der Waals surface area contributed by atoms with Crippen LogP contribution in [0.15, 0.2) is 22.7 Å². The predicted octanol–water partition coefficient (Wildman–Crippen LogP) is 2.17. The number of amides is 2. The molecule has 2 atom stereocenters. The Morgan fingerprint density at radius 3 is 2.28 bits per heavy atom. The molecule has 1 aromatic rings. The number of benzene rings is 1. The van der Waals surface area contributed by atoms with Gasteiger partial charge in [-0.1, -0.05) is 35.8 Å². The quantitative estimate of drug-likeness (QED) is 0.672. The number of nitrogen functional groups attached to an aromatic ring is 1. The second-order valence-corrected chi connectivity index (χ2v) is 5.60. The Balaban J connectivity index is 2.24. The van der Waals surface area contributed by atoms with Gasteiger partial charge in [-0.2, -0.15) is 0 Å². The lowest BCUT2D eigenvalue weighted by atomic mass is 10.00. The van der Waals surface area contributed by atoms with Gasteiger partial charge in [0.1, 0.15) is 0 Å². The first-order valence-corrected chi connectivity index (χ1v) is 6.60. The average molecular weight is 311 g/mol. The van der Waals surface area contributed by atoms with E-state index in [0.29, 0.717) is 5.69 Å². The minimum absolute atomic E-state index is 0.116. The number of hydrogen-bond donors (Lipinski definition) is 1. The van der Waals surface area contributed by atoms with Gasteiger partial charge in [-0.05, 0) is 17.7 Å². The summed E-state index contributed by atoms with van der Waals surface area (Å²) in [7, 11) is 0. The number of imide groups is 1. The van der Waals surface area contributed by atoms with Crippen LogP contribution < -0.4 is 5.73 Å². The van der Waals surface area contributed by atoms with Crippen LogP contribution in [0.5, 0.6) is 0 Å². The van der Waals surface area contributed by atoms with Gasteiger partial charge in [-0.25, -0.2) is 0 Å². The molecule has 4 nitrogen and oxygen atoms in total. The number of hydrogen-bond acceptors (Lipinski definition) is 3. The molecule has 2 unspecified atom stereocenters. The third kappa shape index (κ3) is 2.14. The fraction of sp³-hybridized carbons (Fsp3) is 0.385. The van der Waals surface area contributed by atoms with Crippen LogP contribution in [0.2, 0.25) is 0 Å². The molecule has 1 aliphatic rings. The highest BCUT2D eigenvalue weighted by atomic mass is 79.9. The normalized spacial score (nSPS) is 23.8. The number of likely N-dealkylation sites (tertiary alicyclic amines) is 1. The summed E-state index contributed by atoms with van der Waals surface area (Å²) in [6, 6.07) is 5.45. The van der Waals surface area contributed by atoms with Crippen LogP contribution in [0.25, 0.3) is 0 Å². The first-order chi connectivity index (χ1) is 8.41. The van der Waals surface area contributed by atoms with E-state index in [1.54, 1.807) is 19.9 Å². The molecule has 1 aromatic carbocycles. The summed E-state index contributed by atoms with van der Waals surface area (Å²) in [6.07, 6.45) is 0. The lowest BCUT2D eigenvalue weighted by Crippen LogP contribution is -2.30. The van der Waals surface area contributed by atoms with Crippen molar-refractivity contribution in [3.8, 4) is 0 Å². The Labute approximate surface area is 114 Å². The number of nitrogens with two attached hydrogens (primary N) is 1. The Morgan fingerprint density at radius 2 is 1.78 bits per heavy atom. The van der Waals surface area contributed by atoms with Crippen LogP contribution >= 0.6 is 15.9 Å². The summed E-state index contributed by atoms with van der Waals surface area (Å²) >= 11 is 3.32. The highest BCUT2D eigenvalue weighted by Crippen LogP contribution is 2.28. The van der Waals surface area contributed by atoms with Crippen molar-refractivity contribution >= 4 is 33.4 Å². The van der Waals surface area contributed by atoms with E-state index < -0.39 is 0 Å². The maximum Gasteiger partial charge on any atom is 0.233 e. The van der Waals surface area contributed by atoms with Crippen molar-refractivity contribution in [1.29, 1.82) is 0 Å². The van der Waals surface area contributed by atoms with Crippen molar-refractivity contribution < 1.29 is 9.59 Å². The summed E-state index contributed by atoms with van der Waals surface area (Å²) in [5, 5.41) is 0. The number of carbonyl (C=O) groups excluding carboxylic acids is 2. The molecular formula is C13H15BrN2O2. The molecule has 0 aromatic heterocycles. The summed E-state index contributed by atoms with van der Waals surface area (Å²) in [6.45, 7) is 3.83. The minimum atomic E-state index is -0.242. The van der Waals surface area contributed by atoms with Crippen LogP contribution in [-0.2, 0) is 16.1 Å². The van der Waals surface area contributed by atoms with Gasteiger partial charge in [-0.15, -0.1) is 0 Å². The molecule has 1 saturated heterocycles. The Bertz CT molecular complexity index is 496. The molecule has 2 N–H and O–H groups in total. The van der Waals surface area contributed by atoms with Crippen molar-refractivity contribution in [2.24, 2.45) is 11.8 Å². The second kappa shape index (κ2) is 4.72. The number of anilines is 1. The maximum absolute atomic E-state index is 12.0. The topological polar surface area (TPSA) is 63.4 Å². The maximum atomic E-state index is 12.0. The number of carbonyl (C=O) groups is 2. The molecule has 18 heavy (non-hydrogen) atoms. The molecule has 0 saturated carbocycles. The molecule has 96 valence electrons. The summed E-state index contributed by atoms with van der Waals surface area (Å²) in [5.41, 5.74) is 7.25. The Kier molecular flexibility index (Phi) is 3.43. The molecule has 1 heterocycles. The van der Waals surface area contributed by atoms with Crippen molar-refractivity contribution in [2.75, 3.05) is 5.73 Å². The van der Waals surface area contributed by atoms with Crippen LogP contribution in [0, 0.1) is 11.8 Å². The molecule has 0 radical (unpaired) electrons. The minimum Gasteiger partial charge on any atom is -0.398 e. The van der Waals surface area contributed by atoms with Gasteiger partial charge in [0, 0.05) is 22.0 Å². The SMILES string of the molecule is CC1C(=O)N(Cc2ccc(Br)cc2N)C(=O)C1C. The van der Waals surface area contributed by atoms with E-state index in [9.17, 15) is 9.59 Å². The number of nitrogens with zero attached hydrogens (tertiary/aromatic N) is 1. The zero-order valence-electron chi connectivity index (χ0n) is 10.3. The third-order valence-electron chi connectivity index (χ3n) is 3.50. The van der Waals surface area contributed by atoms with E-state index in [4.69, 9.17) is 5.73 Å². The van der Waals surface area contributed by atoms with E-state index in [-0.39, 0.29) is 30.2 Å². The van der Waals surface area contributed by atoms with Crippen LogP contribution in [0.1, 0.15) is 19.4 Å². The molecule has 0 aliphatic carbocycles. The molecule has 0 bridgehead atoms. The largest absolute Gasteiger partial charge is 0.398 e. The second-order valence-electron chi connectivity index (χ2n) is 4.68. The third-order valence-corrected chi connectivity index (χ3v) is 3.99. The number of rotatable bonds is 2. The van der Waals surface area contributed by atoms with Gasteiger partial charge in [0.25, 0.3) is 0 Å². The smallest absolute Gasteiger partial charge is 0.233 e. The van der Waals surface area contributed by atoms with Crippen molar-refractivity contribution in [3.05, 3.63) is 28.2 Å². The number of halogens is 1. The highest BCUT2D eigenvalue weighted by Gasteiger charge is 2.42. The van der Waals surface area contributed by atoms with Gasteiger partial charge in [0.15, 0.2) is 0 Å². The lowest BCUT2D eigenvalue weighted by Gasteiger charge is -2.16. The van der Waals surface area contributed by atoms with Crippen LogP contribution in [0.4, 0.5) is 5.69 Å². The molecule has 1 fully saturated rings. The molecular weight excluding hydrogens is 296 g/mol. The van der Waals surface area contributed by atoms with E-state index in [1.807, 2.05) is 12.1 Å². The lowest BCUT2D eigenvalue weighted by molar-refractivity contribution is -0.140. The van der Waals surface area contributed by atoms with Crippen molar-refractivity contribution in [1.82, 2.24) is 4.90 Å². The summed E-state index contributed by atoms with van der Waals surface area (Å²) < 4.78 is 0.879. The molecule has 1 aliphatic heterocycles. The monoisotopic (exact) mass is 310 g/mol. The predicted molar refractivity (Wildman–Crippen MR) is 72.4 cm³/mol. The van der Waals surface area contributed by atoms with Gasteiger partial charge in [0.2, 0.25) is 11.8 Å². The van der Waals surface area contributed by atoms with E-state index >= 15 is 0 Å². The van der Waals surface area contributed by atoms with Gasteiger partial charge in [-0.3, -0.25) is 14.5 Å². The van der Waals surface area contributed by atoms with Gasteiger partial charge in [0.05, 0.1) is 6.54 Å². The Morgan fingerprint density at radius 1 is 1.22 bits per heavy atom. The molecule has 2 rings (SSSR count). The fourth-order valence-electron chi connectivity index (χ4n) is 2.06. The van der Waals surface area contributed by atoms with Crippen LogP contribution in [0.3, 0.4) is 0 Å². The van der Waals surface area contributed by atoms with Gasteiger partial charge < -0.3 is 5.73 Å². The zero-order valence-corrected chi connectivity index (χ0v) is 11.9. The van der Waals surface area contributed by atoms with Crippen molar-refractivity contribution in [2.45, 2.75) is 20.4 Å². The molecule has 0 spiro atoms. The van der Waals surface area contributed by atoms with E-state index in [1.165, 1.54) is 4.90 Å². The van der Waals surface area contributed by atoms with Crippen LogP contribution in [-0.4, -0.2) is 16.7 Å². The highest BCUT2D eigenvalue weighted by molar-refractivity contribution is 9.10. The fourth-order valence-corrected chi connectivity index (χ4v) is 2.44. The molecule has 2 amide bonds. The molecule has 5 heteroatoms. The van der Waals surface area contributed by atoms with E-state index in [2.05, 4.69) is 15.9 Å². The average Bonchev–Trinajstić information content (AvgIpc) is 2.50. The summed E-state index contributed by atoms with van der Waals surface area (Å²) in [5.74, 6) is -0.715.